The number of hydrogen-bond acceptors (Lipinski definition) is 6. The SMILES string of the molecule is CC(C)(C)[C@H](c1cc(-c2cc(F)ccc2F)cn1Cc1ccccc1)N(CCCN)C(=O)CSCCC(=O)NCCN1C(=O)C=CC1=O. The molecule has 1 aromatic heterocycles. The molecule has 4 amide bonds. The molecule has 0 radical (unpaired) electrons. The smallest absolute Gasteiger partial charge is 0.253 e. The van der Waals surface area contributed by atoms with Gasteiger partial charge in [-0.2, -0.15) is 11.8 Å². The van der Waals surface area contributed by atoms with Crippen molar-refractivity contribution in [1.82, 2.24) is 19.7 Å². The minimum absolute atomic E-state index is 0.0892. The summed E-state index contributed by atoms with van der Waals surface area (Å²) < 4.78 is 31.3. The summed E-state index contributed by atoms with van der Waals surface area (Å²) in [5.74, 6) is -1.75. The summed E-state index contributed by atoms with van der Waals surface area (Å²) in [5, 5.41) is 2.71. The van der Waals surface area contributed by atoms with Gasteiger partial charge < -0.3 is 20.5 Å². The van der Waals surface area contributed by atoms with E-state index >= 15 is 0 Å². The highest BCUT2D eigenvalue weighted by molar-refractivity contribution is 7.99. The monoisotopic (exact) mass is 679 g/mol. The average molecular weight is 680 g/mol. The summed E-state index contributed by atoms with van der Waals surface area (Å²) in [6, 6.07) is 14.6. The quantitative estimate of drug-likeness (QED) is 0.164. The van der Waals surface area contributed by atoms with Gasteiger partial charge in [0.2, 0.25) is 11.8 Å². The normalized spacial score (nSPS) is 13.7. The molecule has 2 aromatic carbocycles. The summed E-state index contributed by atoms with van der Waals surface area (Å²) in [6.07, 6.45) is 4.93. The molecule has 4 rings (SSSR count). The van der Waals surface area contributed by atoms with Crippen LogP contribution in [0.1, 0.15) is 50.9 Å². The number of carbonyl (C=O) groups is 4. The number of nitrogens with two attached hydrogens (primary N) is 1. The molecule has 256 valence electrons. The van der Waals surface area contributed by atoms with Gasteiger partial charge in [-0.25, -0.2) is 8.78 Å². The van der Waals surface area contributed by atoms with Crippen LogP contribution in [-0.2, 0) is 25.7 Å². The van der Waals surface area contributed by atoms with E-state index in [4.69, 9.17) is 5.73 Å². The van der Waals surface area contributed by atoms with Gasteiger partial charge in [0.25, 0.3) is 11.8 Å². The van der Waals surface area contributed by atoms with Crippen LogP contribution in [0.15, 0.2) is 72.9 Å². The van der Waals surface area contributed by atoms with Crippen LogP contribution in [0.25, 0.3) is 11.1 Å². The average Bonchev–Trinajstić information content (AvgIpc) is 3.59. The third-order valence-corrected chi connectivity index (χ3v) is 8.90. The summed E-state index contributed by atoms with van der Waals surface area (Å²) in [7, 11) is 0. The van der Waals surface area contributed by atoms with Crippen molar-refractivity contribution in [2.75, 3.05) is 37.7 Å². The lowest BCUT2D eigenvalue weighted by Gasteiger charge is -2.41. The zero-order valence-electron chi connectivity index (χ0n) is 27.6. The summed E-state index contributed by atoms with van der Waals surface area (Å²) in [4.78, 5) is 52.6. The molecule has 0 aliphatic carbocycles. The van der Waals surface area contributed by atoms with Gasteiger partial charge in [0, 0.05) is 73.5 Å². The van der Waals surface area contributed by atoms with Crippen molar-refractivity contribution >= 4 is 35.4 Å². The summed E-state index contributed by atoms with van der Waals surface area (Å²) >= 11 is 1.34. The zero-order valence-corrected chi connectivity index (χ0v) is 28.4. The van der Waals surface area contributed by atoms with Crippen LogP contribution >= 0.6 is 11.8 Å². The number of aromatic nitrogens is 1. The number of nitrogens with one attached hydrogen (secondary N) is 1. The van der Waals surface area contributed by atoms with E-state index in [-0.39, 0.29) is 42.6 Å². The fraction of sp³-hybridized carbons (Fsp3) is 0.389. The van der Waals surface area contributed by atoms with Crippen molar-refractivity contribution in [3.8, 4) is 11.1 Å². The Hall–Kier alpha value is -4.29. The molecular weight excluding hydrogens is 636 g/mol. The lowest BCUT2D eigenvalue weighted by Crippen LogP contribution is -2.44. The number of benzene rings is 2. The largest absolute Gasteiger partial charge is 0.354 e. The first-order valence-electron chi connectivity index (χ1n) is 16.0. The van der Waals surface area contributed by atoms with Crippen molar-refractivity contribution in [2.24, 2.45) is 11.1 Å². The minimum Gasteiger partial charge on any atom is -0.354 e. The highest BCUT2D eigenvalue weighted by Crippen LogP contribution is 2.41. The Balaban J connectivity index is 1.52. The second kappa shape index (κ2) is 16.7. The molecule has 3 N–H and O–H groups in total. The van der Waals surface area contributed by atoms with Crippen LogP contribution in [-0.4, -0.2) is 75.7 Å². The number of imide groups is 1. The molecule has 1 aliphatic rings. The highest BCUT2D eigenvalue weighted by atomic mass is 32.2. The molecule has 0 spiro atoms. The first kappa shape index (κ1) is 36.5. The molecule has 9 nitrogen and oxygen atoms in total. The van der Waals surface area contributed by atoms with E-state index in [1.54, 1.807) is 0 Å². The Morgan fingerprint density at radius 3 is 2.40 bits per heavy atom. The fourth-order valence-corrected chi connectivity index (χ4v) is 6.54. The second-order valence-corrected chi connectivity index (χ2v) is 13.8. The van der Waals surface area contributed by atoms with Gasteiger partial charge in [0.15, 0.2) is 0 Å². The topological polar surface area (TPSA) is 118 Å². The van der Waals surface area contributed by atoms with E-state index in [0.29, 0.717) is 37.4 Å². The maximum atomic E-state index is 15.0. The number of amides is 4. The Kier molecular flexibility index (Phi) is 12.7. The molecule has 1 atom stereocenters. The van der Waals surface area contributed by atoms with Crippen LogP contribution in [0.4, 0.5) is 8.78 Å². The lowest BCUT2D eigenvalue weighted by molar-refractivity contribution is -0.137. The first-order chi connectivity index (χ1) is 22.9. The first-order valence-corrected chi connectivity index (χ1v) is 17.1. The van der Waals surface area contributed by atoms with E-state index in [9.17, 15) is 28.0 Å². The lowest BCUT2D eigenvalue weighted by atomic mass is 9.83. The number of nitrogens with zero attached hydrogens (tertiary/aromatic N) is 3. The van der Waals surface area contributed by atoms with Gasteiger partial charge in [-0.05, 0) is 48.2 Å². The molecule has 48 heavy (non-hydrogen) atoms. The predicted molar refractivity (Wildman–Crippen MR) is 184 cm³/mol. The molecule has 0 unspecified atom stereocenters. The molecule has 2 heterocycles. The van der Waals surface area contributed by atoms with E-state index < -0.39 is 34.9 Å². The number of rotatable bonds is 16. The maximum Gasteiger partial charge on any atom is 0.253 e. The Morgan fingerprint density at radius 2 is 1.73 bits per heavy atom. The van der Waals surface area contributed by atoms with Gasteiger partial charge in [-0.3, -0.25) is 24.1 Å². The number of carbonyl (C=O) groups excluding carboxylic acids is 4. The molecule has 0 saturated heterocycles. The van der Waals surface area contributed by atoms with Gasteiger partial charge >= 0.3 is 0 Å². The van der Waals surface area contributed by atoms with E-state index in [0.717, 1.165) is 28.3 Å². The fourth-order valence-electron chi connectivity index (χ4n) is 5.73. The molecule has 0 fully saturated rings. The molecule has 1 aliphatic heterocycles. The Labute approximate surface area is 284 Å². The summed E-state index contributed by atoms with van der Waals surface area (Å²) in [5.41, 5.74) is 7.88. The van der Waals surface area contributed by atoms with Gasteiger partial charge in [-0.1, -0.05) is 51.1 Å². The van der Waals surface area contributed by atoms with Crippen molar-refractivity contribution in [1.29, 1.82) is 0 Å². The van der Waals surface area contributed by atoms with E-state index in [1.807, 2.05) is 72.8 Å². The molecule has 0 bridgehead atoms. The number of thioether (sulfide) groups is 1. The maximum absolute atomic E-state index is 15.0. The summed E-state index contributed by atoms with van der Waals surface area (Å²) in [6.45, 7) is 7.58. The van der Waals surface area contributed by atoms with Gasteiger partial charge in [-0.15, -0.1) is 0 Å². The van der Waals surface area contributed by atoms with Crippen LogP contribution in [0.3, 0.4) is 0 Å². The van der Waals surface area contributed by atoms with E-state index in [2.05, 4.69) is 5.32 Å². The second-order valence-electron chi connectivity index (χ2n) is 12.7. The number of hydrogen-bond donors (Lipinski definition) is 2. The van der Waals surface area contributed by atoms with Gasteiger partial charge in [0.1, 0.15) is 11.6 Å². The predicted octanol–water partition coefficient (Wildman–Crippen LogP) is 4.91. The van der Waals surface area contributed by atoms with Crippen LogP contribution in [0, 0.1) is 17.0 Å². The van der Waals surface area contributed by atoms with Crippen molar-refractivity contribution in [3.63, 3.8) is 0 Å². The van der Waals surface area contributed by atoms with Crippen molar-refractivity contribution in [3.05, 3.63) is 95.8 Å². The third kappa shape index (κ3) is 9.63. The Morgan fingerprint density at radius 1 is 1.02 bits per heavy atom. The Bertz CT molecular complexity index is 1620. The van der Waals surface area contributed by atoms with E-state index in [1.165, 1.54) is 30.0 Å². The van der Waals surface area contributed by atoms with Crippen LogP contribution in [0.2, 0.25) is 0 Å². The minimum atomic E-state index is -0.546. The number of halogens is 2. The van der Waals surface area contributed by atoms with Crippen LogP contribution in [0.5, 0.6) is 0 Å². The third-order valence-electron chi connectivity index (χ3n) is 7.96. The molecular formula is C36H43F2N5O4S. The highest BCUT2D eigenvalue weighted by Gasteiger charge is 2.37. The van der Waals surface area contributed by atoms with Crippen LogP contribution < -0.4 is 11.1 Å². The van der Waals surface area contributed by atoms with Crippen molar-refractivity contribution < 1.29 is 28.0 Å². The molecule has 3 aromatic rings. The zero-order chi connectivity index (χ0) is 34.8. The molecule has 12 heteroatoms. The van der Waals surface area contributed by atoms with Gasteiger partial charge in [0.05, 0.1) is 11.8 Å². The standard InChI is InChI=1S/C36H43F2N5O4S/c1-36(2,3)35(30-20-26(28-21-27(37)10-11-29(28)38)23-41(30)22-25-8-5-4-6-9-25)43(17-7-15-39)34(47)24-48-19-14-31(44)40-16-18-42-32(45)12-13-33(42)46/h4-6,8-13,20-21,23,35H,7,14-19,22,24,39H2,1-3H3,(H,40,44)/t35-/m0/s1. The van der Waals surface area contributed by atoms with Crippen molar-refractivity contribution in [2.45, 2.75) is 46.2 Å². The molecule has 0 saturated carbocycles.